The highest BCUT2D eigenvalue weighted by Gasteiger charge is 2.43. The molecule has 2 aromatic heterocycles. The van der Waals surface area contributed by atoms with Gasteiger partial charge in [-0.2, -0.15) is 18.3 Å². The van der Waals surface area contributed by atoms with Gasteiger partial charge < -0.3 is 20.6 Å². The molecule has 2 amide bonds. The van der Waals surface area contributed by atoms with Crippen LogP contribution in [0.4, 0.5) is 18.9 Å². The third-order valence-electron chi connectivity index (χ3n) is 7.84. The van der Waals surface area contributed by atoms with Crippen molar-refractivity contribution in [3.8, 4) is 5.69 Å². The fourth-order valence-electron chi connectivity index (χ4n) is 5.67. The zero-order valence-electron chi connectivity index (χ0n) is 21.4. The number of rotatable bonds is 4. The molecule has 6 rings (SSSR count). The Kier molecular flexibility index (Phi) is 6.17. The van der Waals surface area contributed by atoms with Crippen LogP contribution < -0.4 is 5.73 Å². The number of aliphatic hydroxyl groups is 1. The number of hydrogen-bond acceptors (Lipinski definition) is 6. The summed E-state index contributed by atoms with van der Waals surface area (Å²) in [7, 11) is 0. The summed E-state index contributed by atoms with van der Waals surface area (Å²) < 4.78 is 41.2. The normalized spacial score (nSPS) is 20.6. The zero-order valence-corrected chi connectivity index (χ0v) is 21.4. The largest absolute Gasteiger partial charge is 0.433 e. The number of aromatic nitrogens is 3. The van der Waals surface area contributed by atoms with Crippen molar-refractivity contribution in [2.75, 3.05) is 25.4 Å². The van der Waals surface area contributed by atoms with Crippen LogP contribution in [-0.4, -0.2) is 61.1 Å². The molecule has 2 atom stereocenters. The van der Waals surface area contributed by atoms with E-state index in [4.69, 9.17) is 10.8 Å². The lowest BCUT2D eigenvalue weighted by Gasteiger charge is -2.38. The van der Waals surface area contributed by atoms with E-state index in [1.54, 1.807) is 4.68 Å². The molecule has 1 aliphatic carbocycles. The number of benzene rings is 1. The number of halogens is 3. The van der Waals surface area contributed by atoms with Gasteiger partial charge in [0.25, 0.3) is 5.91 Å². The zero-order chi connectivity index (χ0) is 28.3. The Balaban J connectivity index is 1.42. The van der Waals surface area contributed by atoms with Crippen LogP contribution in [0.1, 0.15) is 69.5 Å². The molecule has 0 spiro atoms. The summed E-state index contributed by atoms with van der Waals surface area (Å²) in [6, 6.07) is 8.03. The molecule has 1 fully saturated rings. The molecule has 3 aliphatic rings. The monoisotopic (exact) mass is 552 g/mol. The minimum Gasteiger partial charge on any atom is -0.398 e. The maximum absolute atomic E-state index is 13.7. The molecular weight excluding hydrogens is 525 g/mol. The quantitative estimate of drug-likeness (QED) is 0.478. The lowest BCUT2D eigenvalue weighted by atomic mass is 9.94. The first-order chi connectivity index (χ1) is 19.1. The number of amides is 2. The highest BCUT2D eigenvalue weighted by atomic mass is 19.4. The smallest absolute Gasteiger partial charge is 0.398 e. The molecule has 12 heteroatoms. The Bertz CT molecular complexity index is 1510. The SMILES string of the molecule is C=CC(=O)N1CC(O)c2nn(-c3ccc(C4CC4)cc3)c3c2C(C1)N(C(=O)c1cnc(C(F)(F)F)cc1N)CC3. The van der Waals surface area contributed by atoms with E-state index in [1.165, 1.54) is 28.2 Å². The minimum absolute atomic E-state index is 0.0356. The maximum atomic E-state index is 13.7. The number of aliphatic hydroxyl groups excluding tert-OH is 1. The predicted molar refractivity (Wildman–Crippen MR) is 138 cm³/mol. The topological polar surface area (TPSA) is 118 Å². The van der Waals surface area contributed by atoms with Crippen LogP contribution in [0.2, 0.25) is 0 Å². The van der Waals surface area contributed by atoms with Crippen molar-refractivity contribution in [3.05, 3.63) is 83.0 Å². The molecule has 0 saturated heterocycles. The molecule has 0 radical (unpaired) electrons. The molecule has 40 heavy (non-hydrogen) atoms. The number of nitrogen functional groups attached to an aromatic ring is 1. The number of nitrogens with two attached hydrogens (primary N) is 1. The second-order valence-electron chi connectivity index (χ2n) is 10.4. The van der Waals surface area contributed by atoms with E-state index in [1.807, 2.05) is 12.1 Å². The molecule has 0 bridgehead atoms. The Morgan fingerprint density at radius 3 is 2.50 bits per heavy atom. The van der Waals surface area contributed by atoms with Crippen LogP contribution in [0, 0.1) is 0 Å². The van der Waals surface area contributed by atoms with Gasteiger partial charge in [-0.05, 0) is 48.6 Å². The number of nitrogens with zero attached hydrogens (tertiary/aromatic N) is 5. The summed E-state index contributed by atoms with van der Waals surface area (Å²) in [5, 5.41) is 15.9. The third kappa shape index (κ3) is 4.41. The fraction of sp³-hybridized carbons (Fsp3) is 0.357. The molecule has 9 nitrogen and oxygen atoms in total. The van der Waals surface area contributed by atoms with Crippen molar-refractivity contribution < 1.29 is 27.9 Å². The van der Waals surface area contributed by atoms with Crippen LogP contribution >= 0.6 is 0 Å². The molecule has 1 saturated carbocycles. The van der Waals surface area contributed by atoms with E-state index in [0.717, 1.165) is 23.7 Å². The van der Waals surface area contributed by atoms with E-state index >= 15 is 0 Å². The average Bonchev–Trinajstić information content (AvgIpc) is 3.72. The number of pyridine rings is 1. The molecule has 1 aromatic carbocycles. The summed E-state index contributed by atoms with van der Waals surface area (Å²) in [4.78, 5) is 32.7. The van der Waals surface area contributed by atoms with Crippen LogP contribution in [0.15, 0.2) is 49.2 Å². The Hall–Kier alpha value is -4.19. The lowest BCUT2D eigenvalue weighted by Crippen LogP contribution is -2.46. The second-order valence-corrected chi connectivity index (χ2v) is 10.4. The average molecular weight is 553 g/mol. The number of anilines is 1. The highest BCUT2D eigenvalue weighted by molar-refractivity contribution is 5.99. The van der Waals surface area contributed by atoms with Crippen molar-refractivity contribution in [1.82, 2.24) is 24.6 Å². The van der Waals surface area contributed by atoms with Crippen LogP contribution in [0.5, 0.6) is 0 Å². The van der Waals surface area contributed by atoms with E-state index in [2.05, 4.69) is 23.7 Å². The van der Waals surface area contributed by atoms with Gasteiger partial charge in [0.1, 0.15) is 11.8 Å². The van der Waals surface area contributed by atoms with E-state index in [-0.39, 0.29) is 30.9 Å². The van der Waals surface area contributed by atoms with Gasteiger partial charge in [0.15, 0.2) is 0 Å². The van der Waals surface area contributed by atoms with Gasteiger partial charge in [-0.1, -0.05) is 18.7 Å². The van der Waals surface area contributed by atoms with Gasteiger partial charge in [0.05, 0.1) is 35.2 Å². The third-order valence-corrected chi connectivity index (χ3v) is 7.84. The maximum Gasteiger partial charge on any atom is 0.433 e. The fourth-order valence-corrected chi connectivity index (χ4v) is 5.67. The van der Waals surface area contributed by atoms with E-state index < -0.39 is 35.8 Å². The second kappa shape index (κ2) is 9.47. The summed E-state index contributed by atoms with van der Waals surface area (Å²) in [6.07, 6.45) is -1.15. The molecule has 4 heterocycles. The van der Waals surface area contributed by atoms with Gasteiger partial charge in [0, 0.05) is 37.0 Å². The first-order valence-electron chi connectivity index (χ1n) is 13.0. The van der Waals surface area contributed by atoms with Gasteiger partial charge in [0.2, 0.25) is 5.91 Å². The Morgan fingerprint density at radius 1 is 1.15 bits per heavy atom. The van der Waals surface area contributed by atoms with Gasteiger partial charge in [-0.3, -0.25) is 14.6 Å². The van der Waals surface area contributed by atoms with Crippen molar-refractivity contribution in [2.24, 2.45) is 0 Å². The van der Waals surface area contributed by atoms with E-state index in [9.17, 15) is 27.9 Å². The van der Waals surface area contributed by atoms with Crippen molar-refractivity contribution in [2.45, 2.75) is 43.5 Å². The van der Waals surface area contributed by atoms with E-state index in [0.29, 0.717) is 29.7 Å². The number of alkyl halides is 3. The molecule has 208 valence electrons. The summed E-state index contributed by atoms with van der Waals surface area (Å²) in [5.74, 6) is -0.458. The van der Waals surface area contributed by atoms with Gasteiger partial charge in [-0.15, -0.1) is 0 Å². The van der Waals surface area contributed by atoms with Gasteiger partial charge in [-0.25, -0.2) is 4.68 Å². The molecule has 3 aromatic rings. The molecule has 3 N–H and O–H groups in total. The van der Waals surface area contributed by atoms with Crippen molar-refractivity contribution in [3.63, 3.8) is 0 Å². The number of carbonyl (C=O) groups excluding carboxylic acids is 2. The lowest BCUT2D eigenvalue weighted by molar-refractivity contribution is -0.141. The first kappa shape index (κ1) is 26.1. The number of carbonyl (C=O) groups is 2. The summed E-state index contributed by atoms with van der Waals surface area (Å²) in [6.45, 7) is 3.71. The molecule has 2 unspecified atom stereocenters. The predicted octanol–water partition coefficient (Wildman–Crippen LogP) is 3.55. The highest BCUT2D eigenvalue weighted by Crippen LogP contribution is 2.42. The van der Waals surface area contributed by atoms with Crippen molar-refractivity contribution in [1.29, 1.82) is 0 Å². The number of hydrogen-bond donors (Lipinski definition) is 2. The Morgan fingerprint density at radius 2 is 1.88 bits per heavy atom. The van der Waals surface area contributed by atoms with Crippen LogP contribution in [-0.2, 0) is 17.4 Å². The first-order valence-corrected chi connectivity index (χ1v) is 13.0. The Labute approximate surface area is 227 Å². The van der Waals surface area contributed by atoms with Crippen molar-refractivity contribution >= 4 is 17.5 Å². The summed E-state index contributed by atoms with van der Waals surface area (Å²) in [5.41, 5.74) is 8.03. The van der Waals surface area contributed by atoms with Crippen LogP contribution in [0.25, 0.3) is 5.69 Å². The number of β-amino-alcohol motifs (C(OH)–C–C–N with tert-alkyl or cyclic N) is 1. The minimum atomic E-state index is -4.71. The van der Waals surface area contributed by atoms with Crippen LogP contribution in [0.3, 0.4) is 0 Å². The van der Waals surface area contributed by atoms with Gasteiger partial charge >= 0.3 is 6.18 Å². The molecular formula is C28H27F3N6O3. The summed E-state index contributed by atoms with van der Waals surface area (Å²) >= 11 is 0. The standard InChI is InChI=1S/C28H27F3N6O3/c1-2-24(39)35-13-21-25-20(9-10-36(21)27(40)18-12-33-23(11-19(18)32)28(29,30)31)37(34-26(25)22(38)14-35)17-7-5-16(6-8-17)15-3-4-15/h2,5-8,11-12,15,21-22,38H,1,3-4,9-10,13-14H2,(H2,32,33). The molecule has 2 aliphatic heterocycles.